The van der Waals surface area contributed by atoms with Crippen molar-refractivity contribution in [3.05, 3.63) is 71.4 Å². The van der Waals surface area contributed by atoms with Crippen LogP contribution in [0, 0.1) is 24.7 Å². The molecule has 2 N–H and O–H groups in total. The average molecular weight is 571 g/mol. The van der Waals surface area contributed by atoms with Gasteiger partial charge >= 0.3 is 6.03 Å². The standard InChI is InChI=1S/C35H46N4O3/c1-25-8-10-26(11-9-25)23-38(14-12-30-22-36-32-7-4-3-6-31(30)32)33(40)24-39(13-5-15-42-2)34(41)37-35-19-27-16-28(20-35)18-29(17-27)21-35/h3-4,6-11,22,27-29,36H,5,12-21,23-24H2,1-2H3,(H,37,41). The van der Waals surface area contributed by atoms with E-state index in [0.29, 0.717) is 32.7 Å². The molecule has 7 rings (SSSR count). The SMILES string of the molecule is COCCCN(CC(=O)N(CCc1c[nH]c2ccccc12)Cc1ccc(C)cc1)C(=O)NC12CC3CC(CC(C3)C1)C2. The summed E-state index contributed by atoms with van der Waals surface area (Å²) in [5.41, 5.74) is 4.50. The summed E-state index contributed by atoms with van der Waals surface area (Å²) in [4.78, 5) is 34.9. The van der Waals surface area contributed by atoms with Gasteiger partial charge in [0.05, 0.1) is 0 Å². The number of methoxy groups -OCH3 is 1. The molecule has 4 fully saturated rings. The third-order valence-corrected chi connectivity index (χ3v) is 9.97. The number of H-pyrrole nitrogens is 1. The summed E-state index contributed by atoms with van der Waals surface area (Å²) < 4.78 is 5.31. The zero-order valence-corrected chi connectivity index (χ0v) is 25.2. The predicted octanol–water partition coefficient (Wildman–Crippen LogP) is 6.06. The van der Waals surface area contributed by atoms with Crippen molar-refractivity contribution in [2.75, 3.05) is 33.4 Å². The first-order chi connectivity index (χ1) is 20.4. The third-order valence-electron chi connectivity index (χ3n) is 9.97. The summed E-state index contributed by atoms with van der Waals surface area (Å²) in [5, 5.41) is 4.69. The number of rotatable bonds is 12. The van der Waals surface area contributed by atoms with Gasteiger partial charge in [-0.05, 0) is 93.2 Å². The van der Waals surface area contributed by atoms with Crippen molar-refractivity contribution in [3.8, 4) is 0 Å². The van der Waals surface area contributed by atoms with E-state index in [4.69, 9.17) is 4.74 Å². The molecule has 224 valence electrons. The Kier molecular flexibility index (Phi) is 8.57. The minimum atomic E-state index is -0.0920. The van der Waals surface area contributed by atoms with Gasteiger partial charge in [-0.2, -0.15) is 0 Å². The fourth-order valence-electron chi connectivity index (χ4n) is 8.28. The van der Waals surface area contributed by atoms with Crippen LogP contribution in [0.2, 0.25) is 0 Å². The normalized spacial score (nSPS) is 24.2. The number of nitrogens with zero attached hydrogens (tertiary/aromatic N) is 2. The number of carbonyl (C=O) groups excluding carboxylic acids is 2. The van der Waals surface area contributed by atoms with Crippen molar-refractivity contribution >= 4 is 22.8 Å². The summed E-state index contributed by atoms with van der Waals surface area (Å²) in [6, 6.07) is 16.6. The number of urea groups is 1. The Hall–Kier alpha value is -3.32. The average Bonchev–Trinajstić information content (AvgIpc) is 3.38. The van der Waals surface area contributed by atoms with E-state index in [0.717, 1.165) is 54.5 Å². The highest BCUT2D eigenvalue weighted by atomic mass is 16.5. The minimum absolute atomic E-state index is 0.0199. The Bertz CT molecular complexity index is 1350. The van der Waals surface area contributed by atoms with Crippen LogP contribution in [0.1, 0.15) is 61.6 Å². The fourth-order valence-corrected chi connectivity index (χ4v) is 8.28. The molecule has 0 unspecified atom stereocenters. The summed E-state index contributed by atoms with van der Waals surface area (Å²) in [5.74, 6) is 2.22. The van der Waals surface area contributed by atoms with E-state index in [1.165, 1.54) is 35.8 Å². The van der Waals surface area contributed by atoms with E-state index in [1.54, 1.807) is 12.0 Å². The number of benzene rings is 2. The summed E-state index contributed by atoms with van der Waals surface area (Å²) in [6.45, 7) is 4.30. The Labute approximate surface area is 250 Å². The molecule has 2 aromatic carbocycles. The molecule has 0 atom stereocenters. The molecule has 1 aromatic heterocycles. The lowest BCUT2D eigenvalue weighted by molar-refractivity contribution is -0.132. The van der Waals surface area contributed by atoms with Crippen LogP contribution in [0.15, 0.2) is 54.7 Å². The van der Waals surface area contributed by atoms with Crippen molar-refractivity contribution in [1.29, 1.82) is 0 Å². The molecule has 1 heterocycles. The van der Waals surface area contributed by atoms with Crippen LogP contribution < -0.4 is 5.32 Å². The lowest BCUT2D eigenvalue weighted by Crippen LogP contribution is -2.62. The molecular formula is C35H46N4O3. The molecule has 4 aliphatic rings. The maximum Gasteiger partial charge on any atom is 0.318 e. The maximum absolute atomic E-state index is 14.0. The number of hydrogen-bond donors (Lipinski definition) is 2. The molecule has 7 heteroatoms. The van der Waals surface area contributed by atoms with Gasteiger partial charge < -0.3 is 24.8 Å². The number of aryl methyl sites for hydroxylation is 1. The van der Waals surface area contributed by atoms with Crippen molar-refractivity contribution < 1.29 is 14.3 Å². The van der Waals surface area contributed by atoms with Gasteiger partial charge in [0.1, 0.15) is 6.54 Å². The molecule has 7 nitrogen and oxygen atoms in total. The topological polar surface area (TPSA) is 77.7 Å². The Morgan fingerprint density at radius 2 is 1.64 bits per heavy atom. The first kappa shape index (κ1) is 28.8. The molecule has 3 aromatic rings. The number of hydrogen-bond acceptors (Lipinski definition) is 3. The molecule has 42 heavy (non-hydrogen) atoms. The number of ether oxygens (including phenoxy) is 1. The first-order valence-electron chi connectivity index (χ1n) is 15.8. The van der Waals surface area contributed by atoms with E-state index in [2.05, 4.69) is 65.9 Å². The zero-order chi connectivity index (χ0) is 29.1. The van der Waals surface area contributed by atoms with Crippen LogP contribution in [-0.2, 0) is 22.5 Å². The van der Waals surface area contributed by atoms with Gasteiger partial charge in [-0.3, -0.25) is 4.79 Å². The van der Waals surface area contributed by atoms with Crippen molar-refractivity contribution in [2.24, 2.45) is 17.8 Å². The van der Waals surface area contributed by atoms with Crippen molar-refractivity contribution in [1.82, 2.24) is 20.1 Å². The Morgan fingerprint density at radius 3 is 2.33 bits per heavy atom. The second kappa shape index (κ2) is 12.5. The zero-order valence-electron chi connectivity index (χ0n) is 25.2. The van der Waals surface area contributed by atoms with Crippen molar-refractivity contribution in [3.63, 3.8) is 0 Å². The van der Waals surface area contributed by atoms with Crippen LogP contribution in [0.3, 0.4) is 0 Å². The summed E-state index contributed by atoms with van der Waals surface area (Å²) in [6.07, 6.45) is 10.8. The number of nitrogens with one attached hydrogen (secondary N) is 2. The number of para-hydroxylation sites is 1. The second-order valence-corrected chi connectivity index (χ2v) is 13.3. The highest BCUT2D eigenvalue weighted by Gasteiger charge is 2.51. The van der Waals surface area contributed by atoms with E-state index < -0.39 is 0 Å². The van der Waals surface area contributed by atoms with Crippen LogP contribution >= 0.6 is 0 Å². The van der Waals surface area contributed by atoms with Gasteiger partial charge in [-0.15, -0.1) is 0 Å². The Balaban J connectivity index is 1.17. The molecule has 0 spiro atoms. The Morgan fingerprint density at radius 1 is 0.952 bits per heavy atom. The second-order valence-electron chi connectivity index (χ2n) is 13.3. The monoisotopic (exact) mass is 570 g/mol. The molecular weight excluding hydrogens is 524 g/mol. The van der Waals surface area contributed by atoms with Gasteiger partial charge in [-0.1, -0.05) is 48.0 Å². The molecule has 0 radical (unpaired) electrons. The number of aromatic amines is 1. The molecule has 0 saturated heterocycles. The van der Waals surface area contributed by atoms with Crippen LogP contribution in [0.4, 0.5) is 4.79 Å². The van der Waals surface area contributed by atoms with Gasteiger partial charge in [0.2, 0.25) is 5.91 Å². The van der Waals surface area contributed by atoms with Gasteiger partial charge in [0.15, 0.2) is 0 Å². The van der Waals surface area contributed by atoms with E-state index >= 15 is 0 Å². The number of fused-ring (bicyclic) bond motifs is 1. The molecule has 4 bridgehead atoms. The van der Waals surface area contributed by atoms with E-state index in [9.17, 15) is 9.59 Å². The van der Waals surface area contributed by atoms with Gasteiger partial charge in [-0.25, -0.2) is 4.79 Å². The minimum Gasteiger partial charge on any atom is -0.385 e. The summed E-state index contributed by atoms with van der Waals surface area (Å²) in [7, 11) is 1.68. The largest absolute Gasteiger partial charge is 0.385 e. The van der Waals surface area contributed by atoms with Crippen molar-refractivity contribution in [2.45, 2.75) is 70.4 Å². The quantitative estimate of drug-likeness (QED) is 0.260. The number of amides is 3. The van der Waals surface area contributed by atoms with E-state index in [-0.39, 0.29) is 24.0 Å². The molecule has 4 aliphatic carbocycles. The van der Waals surface area contributed by atoms with E-state index in [1.807, 2.05) is 11.0 Å². The predicted molar refractivity (Wildman–Crippen MR) is 166 cm³/mol. The molecule has 3 amide bonds. The third kappa shape index (κ3) is 6.51. The number of aromatic nitrogens is 1. The molecule has 4 saturated carbocycles. The first-order valence-corrected chi connectivity index (χ1v) is 15.8. The fraction of sp³-hybridized carbons (Fsp3) is 0.543. The highest BCUT2D eigenvalue weighted by Crippen LogP contribution is 2.55. The lowest BCUT2D eigenvalue weighted by Gasteiger charge is -2.57. The van der Waals surface area contributed by atoms with Crippen LogP contribution in [-0.4, -0.2) is 65.6 Å². The van der Waals surface area contributed by atoms with Gasteiger partial charge in [0, 0.05) is 56.0 Å². The number of carbonyl (C=O) groups is 2. The molecule has 0 aliphatic heterocycles. The van der Waals surface area contributed by atoms with Crippen LogP contribution in [0.5, 0.6) is 0 Å². The highest BCUT2D eigenvalue weighted by molar-refractivity contribution is 5.85. The maximum atomic E-state index is 14.0. The van der Waals surface area contributed by atoms with Gasteiger partial charge in [0.25, 0.3) is 0 Å². The smallest absolute Gasteiger partial charge is 0.318 e. The summed E-state index contributed by atoms with van der Waals surface area (Å²) >= 11 is 0. The van der Waals surface area contributed by atoms with Crippen LogP contribution in [0.25, 0.3) is 10.9 Å². The lowest BCUT2D eigenvalue weighted by atomic mass is 9.53.